The average molecular weight is 908 g/mol. The minimum Gasteiger partial charge on any atom is -0.507 e. The molecule has 2 nitrogen and oxygen atoms in total. The molecule has 1 N–H and O–H groups in total. The summed E-state index contributed by atoms with van der Waals surface area (Å²) in [5.41, 5.74) is 17.5. The molecule has 0 spiro atoms. The Morgan fingerprint density at radius 3 is 1.65 bits per heavy atom. The highest BCUT2D eigenvalue weighted by Gasteiger charge is 2.49. The van der Waals surface area contributed by atoms with Gasteiger partial charge in [0.15, 0.2) is 0 Å². The lowest BCUT2D eigenvalue weighted by Crippen LogP contribution is -2.30. The molecule has 1 aliphatic rings. The molecule has 2 heteroatoms. The Morgan fingerprint density at radius 1 is 0.352 bits per heavy atom. The van der Waals surface area contributed by atoms with E-state index >= 15 is 0 Å². The van der Waals surface area contributed by atoms with Gasteiger partial charge in [-0.1, -0.05) is 237 Å². The van der Waals surface area contributed by atoms with Crippen molar-refractivity contribution in [1.82, 2.24) is 0 Å². The Hall–Kier alpha value is -8.98. The fourth-order valence-corrected chi connectivity index (χ4v) is 11.9. The van der Waals surface area contributed by atoms with E-state index in [0.717, 1.165) is 72.8 Å². The number of nitrogens with zero attached hydrogens (tertiary/aromatic N) is 1. The number of hydrogen-bond acceptors (Lipinski definition) is 2. The third-order valence-corrected chi connectivity index (χ3v) is 15.0. The molecule has 0 radical (unpaired) electrons. The molecule has 13 rings (SSSR count). The quantitative estimate of drug-likeness (QED) is 0.156. The van der Waals surface area contributed by atoms with Crippen LogP contribution in [-0.2, 0) is 11.8 Å². The number of hydrogen-bond donors (Lipinski definition) is 1. The Balaban J connectivity index is 1.06. The molecule has 0 heterocycles. The molecule has 1 atom stereocenters. The molecule has 0 saturated heterocycles. The Kier molecular flexibility index (Phi) is 10.2. The molecule has 1 unspecified atom stereocenters. The summed E-state index contributed by atoms with van der Waals surface area (Å²) >= 11 is 0. The first-order chi connectivity index (χ1) is 35.1. The predicted octanol–water partition coefficient (Wildman–Crippen LogP) is 18.2. The fraction of sp³-hybridized carbons (Fsp3) is 0.0435. The van der Waals surface area contributed by atoms with Crippen LogP contribution in [0.5, 0.6) is 5.75 Å². The van der Waals surface area contributed by atoms with Crippen molar-refractivity contribution in [2.75, 3.05) is 4.90 Å². The van der Waals surface area contributed by atoms with Crippen molar-refractivity contribution >= 4 is 49.4 Å². The molecule has 0 aliphatic heterocycles. The summed E-state index contributed by atoms with van der Waals surface area (Å²) in [6.07, 6.45) is 0.829. The van der Waals surface area contributed by atoms with Crippen LogP contribution in [0.2, 0.25) is 0 Å². The Labute approximate surface area is 415 Å². The van der Waals surface area contributed by atoms with Gasteiger partial charge < -0.3 is 10.0 Å². The van der Waals surface area contributed by atoms with Gasteiger partial charge in [-0.05, 0) is 125 Å². The van der Waals surface area contributed by atoms with Crippen molar-refractivity contribution in [3.8, 4) is 50.3 Å². The van der Waals surface area contributed by atoms with Gasteiger partial charge in [-0.3, -0.25) is 0 Å². The summed E-state index contributed by atoms with van der Waals surface area (Å²) in [6.45, 7) is 2.27. The third kappa shape index (κ3) is 6.71. The van der Waals surface area contributed by atoms with Gasteiger partial charge in [0.1, 0.15) is 5.75 Å². The maximum absolute atomic E-state index is 12.8. The van der Waals surface area contributed by atoms with Gasteiger partial charge in [0.05, 0.1) is 11.1 Å². The van der Waals surface area contributed by atoms with Crippen LogP contribution in [0.3, 0.4) is 0 Å². The third-order valence-electron chi connectivity index (χ3n) is 15.0. The Bertz CT molecular complexity index is 3990. The number of rotatable bonds is 9. The second-order valence-electron chi connectivity index (χ2n) is 18.7. The van der Waals surface area contributed by atoms with Gasteiger partial charge in [0.2, 0.25) is 0 Å². The van der Waals surface area contributed by atoms with Crippen molar-refractivity contribution in [1.29, 1.82) is 0 Å². The number of aromatic hydroxyl groups is 1. The summed E-state index contributed by atoms with van der Waals surface area (Å²) in [4.78, 5) is 2.41. The van der Waals surface area contributed by atoms with Gasteiger partial charge in [-0.15, -0.1) is 0 Å². The van der Waals surface area contributed by atoms with E-state index in [9.17, 15) is 5.11 Å². The van der Waals surface area contributed by atoms with Crippen LogP contribution in [0.4, 0.5) is 17.1 Å². The summed E-state index contributed by atoms with van der Waals surface area (Å²) in [6, 6.07) is 94.4. The average Bonchev–Trinajstić information content (AvgIpc) is 3.75. The van der Waals surface area contributed by atoms with Crippen molar-refractivity contribution in [3.63, 3.8) is 0 Å². The normalized spacial score (nSPS) is 13.9. The minimum absolute atomic E-state index is 0.314. The lowest BCUT2D eigenvalue weighted by Gasteiger charge is -2.36. The van der Waals surface area contributed by atoms with E-state index in [1.807, 2.05) is 18.2 Å². The molecule has 336 valence electrons. The molecule has 0 fully saturated rings. The fourth-order valence-electron chi connectivity index (χ4n) is 11.9. The zero-order chi connectivity index (χ0) is 47.5. The van der Waals surface area contributed by atoms with Crippen molar-refractivity contribution in [3.05, 3.63) is 289 Å². The van der Waals surface area contributed by atoms with E-state index in [1.165, 1.54) is 55.3 Å². The van der Waals surface area contributed by atoms with Crippen LogP contribution >= 0.6 is 0 Å². The van der Waals surface area contributed by atoms with Gasteiger partial charge in [0.25, 0.3) is 0 Å². The van der Waals surface area contributed by atoms with Crippen LogP contribution in [0, 0.1) is 0 Å². The summed E-state index contributed by atoms with van der Waals surface area (Å²) in [5, 5.41) is 19.4. The van der Waals surface area contributed by atoms with E-state index in [4.69, 9.17) is 0 Å². The van der Waals surface area contributed by atoms with Crippen molar-refractivity contribution in [2.24, 2.45) is 0 Å². The number of fused-ring (bicyclic) bond motifs is 6. The highest BCUT2D eigenvalue weighted by Crippen LogP contribution is 2.61. The molecule has 0 saturated carbocycles. The van der Waals surface area contributed by atoms with Crippen LogP contribution in [-0.4, -0.2) is 5.11 Å². The number of anilines is 3. The molecule has 12 aromatic carbocycles. The minimum atomic E-state index is -0.840. The molecular weight excluding hydrogens is 859 g/mol. The smallest absolute Gasteiger partial charge is 0.128 e. The van der Waals surface area contributed by atoms with Gasteiger partial charge in [-0.25, -0.2) is 0 Å². The molecule has 1 aliphatic carbocycles. The van der Waals surface area contributed by atoms with E-state index in [-0.39, 0.29) is 0 Å². The first kappa shape index (κ1) is 42.1. The maximum atomic E-state index is 12.8. The topological polar surface area (TPSA) is 23.5 Å². The summed E-state index contributed by atoms with van der Waals surface area (Å²) in [5.74, 6) is 0.314. The van der Waals surface area contributed by atoms with Crippen LogP contribution < -0.4 is 4.90 Å². The van der Waals surface area contributed by atoms with E-state index < -0.39 is 5.41 Å². The van der Waals surface area contributed by atoms with Gasteiger partial charge >= 0.3 is 0 Å². The van der Waals surface area contributed by atoms with Crippen molar-refractivity contribution in [2.45, 2.75) is 18.8 Å². The van der Waals surface area contributed by atoms with Crippen LogP contribution in [0.1, 0.15) is 34.7 Å². The first-order valence-electron chi connectivity index (χ1n) is 24.7. The van der Waals surface area contributed by atoms with Crippen LogP contribution in [0.15, 0.2) is 261 Å². The number of phenolic OH excluding ortho intramolecular Hbond substituents is 1. The number of aryl methyl sites for hydroxylation is 1. The zero-order valence-electron chi connectivity index (χ0n) is 39.4. The monoisotopic (exact) mass is 907 g/mol. The molecular formula is C69H49NO. The lowest BCUT2D eigenvalue weighted by molar-refractivity contribution is 0.467. The SMILES string of the molecule is CCc1c(C2(c3ccc4ccccc4c3O)c3ccccc3-c3c(-c4ccc(N(c5ccc(-c6ccccc6)cc5)c5cccc(-c6ccccc6)c5)c5ccccc45)cccc32)ccc2ccccc12. The molecule has 0 bridgehead atoms. The maximum Gasteiger partial charge on any atom is 0.128 e. The molecule has 0 amide bonds. The highest BCUT2D eigenvalue weighted by molar-refractivity contribution is 6.10. The zero-order valence-corrected chi connectivity index (χ0v) is 39.4. The van der Waals surface area contributed by atoms with E-state index in [2.05, 4.69) is 254 Å². The van der Waals surface area contributed by atoms with Crippen LogP contribution in [0.25, 0.3) is 76.8 Å². The van der Waals surface area contributed by atoms with Crippen molar-refractivity contribution < 1.29 is 5.11 Å². The molecule has 12 aromatic rings. The van der Waals surface area contributed by atoms with E-state index in [0.29, 0.717) is 5.75 Å². The molecule has 0 aromatic heterocycles. The van der Waals surface area contributed by atoms with E-state index in [1.54, 1.807) is 0 Å². The van der Waals surface area contributed by atoms with Gasteiger partial charge in [-0.2, -0.15) is 0 Å². The number of benzene rings is 12. The summed E-state index contributed by atoms with van der Waals surface area (Å²) in [7, 11) is 0. The summed E-state index contributed by atoms with van der Waals surface area (Å²) < 4.78 is 0. The Morgan fingerprint density at radius 2 is 0.901 bits per heavy atom. The first-order valence-corrected chi connectivity index (χ1v) is 24.7. The lowest BCUT2D eigenvalue weighted by atomic mass is 9.65. The molecule has 71 heavy (non-hydrogen) atoms. The second kappa shape index (κ2) is 17.2. The largest absolute Gasteiger partial charge is 0.507 e. The second-order valence-corrected chi connectivity index (χ2v) is 18.7. The predicted molar refractivity (Wildman–Crippen MR) is 298 cm³/mol. The highest BCUT2D eigenvalue weighted by atomic mass is 16.3. The standard InChI is InChI=1S/C69H49NO/c1-2-54-55-27-11-9-23-49(55)37-42-63(54)69(65-43-38-50-24-10-12-28-56(50)68(65)71)62-33-16-15-31-61(62)67-60(32-18-34-64(67)69)58-41-44-66(59-30-14-13-29-57(58)59)70(52-39-35-48(36-40-52)46-19-5-3-6-20-46)53-26-17-25-51(45-53)47-21-7-4-8-22-47/h3-45,71H,2H2,1H3. The van der Waals surface area contributed by atoms with Gasteiger partial charge in [0, 0.05) is 27.7 Å². The number of phenols is 1.